The van der Waals surface area contributed by atoms with Crippen LogP contribution in [0.25, 0.3) is 0 Å². The Morgan fingerprint density at radius 1 is 1.50 bits per heavy atom. The molecule has 0 aliphatic heterocycles. The van der Waals surface area contributed by atoms with E-state index in [0.717, 1.165) is 13.0 Å². The summed E-state index contributed by atoms with van der Waals surface area (Å²) >= 11 is 0. The molecule has 0 fully saturated rings. The van der Waals surface area contributed by atoms with Crippen LogP contribution in [0.2, 0.25) is 0 Å². The molecular formula is C11H19N3O2. The monoisotopic (exact) mass is 225 g/mol. The summed E-state index contributed by atoms with van der Waals surface area (Å²) < 4.78 is 5.42. The number of nitrogens with one attached hydrogen (secondary N) is 1. The number of nitrogens with zero attached hydrogens (tertiary/aromatic N) is 2. The van der Waals surface area contributed by atoms with Gasteiger partial charge in [0.1, 0.15) is 5.82 Å². The molecule has 90 valence electrons. The number of aromatic nitrogens is 2. The maximum atomic E-state index is 11.2. The first-order valence-electron chi connectivity index (χ1n) is 5.49. The van der Waals surface area contributed by atoms with Crippen molar-refractivity contribution in [2.75, 3.05) is 27.2 Å². The topological polar surface area (TPSA) is 58.2 Å². The molecule has 0 spiro atoms. The molecule has 0 aliphatic carbocycles. The van der Waals surface area contributed by atoms with Crippen LogP contribution in [-0.2, 0) is 6.42 Å². The molecular weight excluding hydrogens is 206 g/mol. The van der Waals surface area contributed by atoms with Crippen molar-refractivity contribution >= 4 is 0 Å². The Labute approximate surface area is 95.5 Å². The van der Waals surface area contributed by atoms with Gasteiger partial charge in [0.25, 0.3) is 5.56 Å². The van der Waals surface area contributed by atoms with Crippen molar-refractivity contribution in [3.8, 4) is 5.88 Å². The van der Waals surface area contributed by atoms with Gasteiger partial charge in [0.2, 0.25) is 5.88 Å². The van der Waals surface area contributed by atoms with E-state index in [1.807, 2.05) is 21.0 Å². The molecule has 1 aromatic rings. The Kier molecular flexibility index (Phi) is 4.98. The maximum absolute atomic E-state index is 11.2. The van der Waals surface area contributed by atoms with Crippen LogP contribution in [0, 0.1) is 0 Å². The lowest BCUT2D eigenvalue weighted by atomic mass is 10.4. The molecule has 0 saturated heterocycles. The van der Waals surface area contributed by atoms with Gasteiger partial charge in [0.15, 0.2) is 0 Å². The second-order valence-electron chi connectivity index (χ2n) is 3.89. The number of H-pyrrole nitrogens is 1. The molecule has 0 bridgehead atoms. The van der Waals surface area contributed by atoms with E-state index >= 15 is 0 Å². The third-order valence-electron chi connectivity index (χ3n) is 2.10. The zero-order valence-corrected chi connectivity index (χ0v) is 10.1. The van der Waals surface area contributed by atoms with E-state index in [2.05, 4.69) is 14.9 Å². The van der Waals surface area contributed by atoms with Crippen molar-refractivity contribution in [2.24, 2.45) is 0 Å². The molecule has 1 heterocycles. The smallest absolute Gasteiger partial charge is 0.254 e. The van der Waals surface area contributed by atoms with E-state index in [0.29, 0.717) is 24.7 Å². The van der Waals surface area contributed by atoms with E-state index < -0.39 is 0 Å². The van der Waals surface area contributed by atoms with E-state index in [1.165, 1.54) is 6.07 Å². The Bertz CT molecular complexity index is 374. The summed E-state index contributed by atoms with van der Waals surface area (Å²) in [4.78, 5) is 20.1. The summed E-state index contributed by atoms with van der Waals surface area (Å²) in [5.74, 6) is 1.08. The van der Waals surface area contributed by atoms with Crippen LogP contribution in [-0.4, -0.2) is 42.1 Å². The van der Waals surface area contributed by atoms with Crippen molar-refractivity contribution in [1.29, 1.82) is 0 Å². The van der Waals surface area contributed by atoms with Crippen molar-refractivity contribution in [3.05, 3.63) is 22.2 Å². The van der Waals surface area contributed by atoms with Crippen LogP contribution in [0.3, 0.4) is 0 Å². The van der Waals surface area contributed by atoms with E-state index in [1.54, 1.807) is 0 Å². The largest absolute Gasteiger partial charge is 0.477 e. The van der Waals surface area contributed by atoms with Gasteiger partial charge in [-0.3, -0.25) is 4.79 Å². The molecule has 0 amide bonds. The van der Waals surface area contributed by atoms with Gasteiger partial charge in [0.05, 0.1) is 12.7 Å². The highest BCUT2D eigenvalue weighted by molar-refractivity contribution is 5.08. The lowest BCUT2D eigenvalue weighted by molar-refractivity contribution is 0.272. The first kappa shape index (κ1) is 12.7. The van der Waals surface area contributed by atoms with E-state index in [4.69, 9.17) is 4.74 Å². The third kappa shape index (κ3) is 4.44. The lowest BCUT2D eigenvalue weighted by Crippen LogP contribution is -2.17. The Hall–Kier alpha value is -1.36. The van der Waals surface area contributed by atoms with Crippen molar-refractivity contribution in [1.82, 2.24) is 14.9 Å². The zero-order chi connectivity index (χ0) is 12.0. The maximum Gasteiger partial charge on any atom is 0.254 e. The van der Waals surface area contributed by atoms with E-state index in [-0.39, 0.29) is 5.56 Å². The van der Waals surface area contributed by atoms with Gasteiger partial charge in [-0.15, -0.1) is 0 Å². The van der Waals surface area contributed by atoms with Crippen molar-refractivity contribution in [3.63, 3.8) is 0 Å². The minimum Gasteiger partial charge on any atom is -0.477 e. The number of aryl methyl sites for hydroxylation is 1. The molecule has 5 nitrogen and oxygen atoms in total. The third-order valence-corrected chi connectivity index (χ3v) is 2.10. The second kappa shape index (κ2) is 6.27. The number of ether oxygens (including phenoxy) is 1. The van der Waals surface area contributed by atoms with Gasteiger partial charge in [-0.1, -0.05) is 6.92 Å². The average Bonchev–Trinajstić information content (AvgIpc) is 2.23. The minimum absolute atomic E-state index is 0.158. The molecule has 0 saturated carbocycles. The van der Waals surface area contributed by atoms with Crippen LogP contribution >= 0.6 is 0 Å². The molecule has 1 N–H and O–H groups in total. The summed E-state index contributed by atoms with van der Waals surface area (Å²) in [5, 5.41) is 0. The van der Waals surface area contributed by atoms with Gasteiger partial charge in [-0.2, -0.15) is 0 Å². The van der Waals surface area contributed by atoms with Crippen molar-refractivity contribution < 1.29 is 4.74 Å². The second-order valence-corrected chi connectivity index (χ2v) is 3.89. The molecule has 0 aromatic carbocycles. The summed E-state index contributed by atoms with van der Waals surface area (Å²) in [7, 11) is 4.03. The molecule has 5 heteroatoms. The SMILES string of the molecule is CCc1nc(OCCCN(C)C)cc(=O)[nH]1. The number of hydrogen-bond donors (Lipinski definition) is 1. The van der Waals surface area contributed by atoms with Crippen molar-refractivity contribution in [2.45, 2.75) is 19.8 Å². The molecule has 0 aliphatic rings. The fraction of sp³-hybridized carbons (Fsp3) is 0.636. The molecule has 16 heavy (non-hydrogen) atoms. The van der Waals surface area contributed by atoms with E-state index in [9.17, 15) is 4.79 Å². The summed E-state index contributed by atoms with van der Waals surface area (Å²) in [6.45, 7) is 3.48. The Morgan fingerprint density at radius 2 is 2.25 bits per heavy atom. The predicted molar refractivity (Wildman–Crippen MR) is 62.9 cm³/mol. The fourth-order valence-electron chi connectivity index (χ4n) is 1.28. The van der Waals surface area contributed by atoms with Crippen LogP contribution in [0.1, 0.15) is 19.2 Å². The molecule has 1 rings (SSSR count). The molecule has 0 radical (unpaired) electrons. The van der Waals surface area contributed by atoms with Crippen LogP contribution in [0.15, 0.2) is 10.9 Å². The van der Waals surface area contributed by atoms with Crippen LogP contribution in [0.5, 0.6) is 5.88 Å². The number of aromatic amines is 1. The molecule has 1 aromatic heterocycles. The predicted octanol–water partition coefficient (Wildman–Crippen LogP) is 0.663. The number of rotatable bonds is 6. The summed E-state index contributed by atoms with van der Waals surface area (Å²) in [6, 6.07) is 1.38. The highest BCUT2D eigenvalue weighted by Gasteiger charge is 2.00. The highest BCUT2D eigenvalue weighted by Crippen LogP contribution is 2.03. The van der Waals surface area contributed by atoms with Gasteiger partial charge in [-0.25, -0.2) is 4.98 Å². The standard InChI is InChI=1S/C11H19N3O2/c1-4-9-12-10(15)8-11(13-9)16-7-5-6-14(2)3/h8H,4-7H2,1-3H3,(H,12,13,15). The fourth-order valence-corrected chi connectivity index (χ4v) is 1.28. The Morgan fingerprint density at radius 3 is 2.88 bits per heavy atom. The molecule has 0 unspecified atom stereocenters. The lowest BCUT2D eigenvalue weighted by Gasteiger charge is -2.09. The molecule has 0 atom stereocenters. The minimum atomic E-state index is -0.158. The van der Waals surface area contributed by atoms with Gasteiger partial charge in [-0.05, 0) is 20.5 Å². The Balaban J connectivity index is 2.47. The van der Waals surface area contributed by atoms with Crippen LogP contribution < -0.4 is 10.3 Å². The summed E-state index contributed by atoms with van der Waals surface area (Å²) in [5.41, 5.74) is -0.158. The number of hydrogen-bond acceptors (Lipinski definition) is 4. The first-order valence-corrected chi connectivity index (χ1v) is 5.49. The van der Waals surface area contributed by atoms with Gasteiger partial charge in [0, 0.05) is 13.0 Å². The summed E-state index contributed by atoms with van der Waals surface area (Å²) in [6.07, 6.45) is 1.62. The first-order chi connectivity index (χ1) is 7.61. The normalized spacial score (nSPS) is 10.8. The van der Waals surface area contributed by atoms with Gasteiger partial charge >= 0.3 is 0 Å². The quantitative estimate of drug-likeness (QED) is 0.723. The highest BCUT2D eigenvalue weighted by atomic mass is 16.5. The van der Waals surface area contributed by atoms with Crippen LogP contribution in [0.4, 0.5) is 0 Å². The zero-order valence-electron chi connectivity index (χ0n) is 10.1. The average molecular weight is 225 g/mol. The van der Waals surface area contributed by atoms with Gasteiger partial charge < -0.3 is 14.6 Å².